The number of likely N-dealkylation sites (N-methyl/N-ethyl adjacent to an activating group) is 1. The first kappa shape index (κ1) is 23.3. The van der Waals surface area contributed by atoms with Crippen LogP contribution in [0, 0.1) is 11.3 Å². The highest BCUT2D eigenvalue weighted by Gasteiger charge is 2.37. The number of halogens is 3. The van der Waals surface area contributed by atoms with Gasteiger partial charge in [0.05, 0.1) is 5.56 Å². The van der Waals surface area contributed by atoms with Crippen LogP contribution in [0.4, 0.5) is 30.5 Å². The number of rotatable bonds is 7. The van der Waals surface area contributed by atoms with Gasteiger partial charge in [0, 0.05) is 31.2 Å². The number of carboxylic acids is 1. The summed E-state index contributed by atoms with van der Waals surface area (Å²) in [6.45, 7) is 1.09. The van der Waals surface area contributed by atoms with E-state index in [9.17, 15) is 23.2 Å². The second kappa shape index (κ2) is 9.44. The van der Waals surface area contributed by atoms with Gasteiger partial charge in [-0.25, -0.2) is 4.98 Å². The zero-order valence-corrected chi connectivity index (χ0v) is 17.8. The van der Waals surface area contributed by atoms with Gasteiger partial charge in [0.2, 0.25) is 0 Å². The van der Waals surface area contributed by atoms with Gasteiger partial charge in [-0.15, -0.1) is 0 Å². The minimum Gasteiger partial charge on any atom is -0.481 e. The van der Waals surface area contributed by atoms with Crippen molar-refractivity contribution in [3.63, 3.8) is 0 Å². The molecule has 0 aliphatic carbocycles. The lowest BCUT2D eigenvalue weighted by Crippen LogP contribution is -2.32. The quantitative estimate of drug-likeness (QED) is 0.666. The van der Waals surface area contributed by atoms with Crippen molar-refractivity contribution in [2.75, 3.05) is 37.4 Å². The number of aromatic nitrogens is 1. The van der Waals surface area contributed by atoms with E-state index in [4.69, 9.17) is 5.11 Å². The minimum atomic E-state index is -4.72. The largest absolute Gasteiger partial charge is 0.481 e. The standard InChI is InChI=1S/C22H24F3N5O2/c1-29(2)16-8-9-30(13-16)19-11-18(22(23,24)25)17(12-26)21(28-19)27-15-5-3-4-14(10-15)6-7-20(31)32/h3-5,10-11,16H,6-9,13H2,1-2H3,(H,27,28)(H,31,32)/t16-/m0/s1. The van der Waals surface area contributed by atoms with E-state index in [1.165, 1.54) is 0 Å². The number of nitrogens with zero attached hydrogens (tertiary/aromatic N) is 4. The number of nitrogens with one attached hydrogen (secondary N) is 1. The number of carbonyl (C=O) groups is 1. The zero-order chi connectivity index (χ0) is 23.5. The molecule has 1 fully saturated rings. The molecule has 1 aliphatic heterocycles. The Labute approximate surface area is 184 Å². The summed E-state index contributed by atoms with van der Waals surface area (Å²) in [5.41, 5.74) is -0.491. The summed E-state index contributed by atoms with van der Waals surface area (Å²) in [4.78, 5) is 19.0. The molecule has 2 aromatic rings. The first-order chi connectivity index (χ1) is 15.1. The molecule has 0 unspecified atom stereocenters. The van der Waals surface area contributed by atoms with Crippen molar-refractivity contribution in [1.29, 1.82) is 5.26 Å². The van der Waals surface area contributed by atoms with Gasteiger partial charge in [-0.1, -0.05) is 12.1 Å². The number of hydrogen-bond donors (Lipinski definition) is 2. The van der Waals surface area contributed by atoms with Gasteiger partial charge in [-0.05, 0) is 50.7 Å². The fourth-order valence-electron chi connectivity index (χ4n) is 3.68. The highest BCUT2D eigenvalue weighted by Crippen LogP contribution is 2.38. The number of nitriles is 1. The molecular weight excluding hydrogens is 423 g/mol. The van der Waals surface area contributed by atoms with Crippen LogP contribution in [0.3, 0.4) is 0 Å². The maximum atomic E-state index is 13.8. The SMILES string of the molecule is CN(C)[C@H]1CCN(c2cc(C(F)(F)F)c(C#N)c(Nc3cccc(CCC(=O)O)c3)n2)C1. The van der Waals surface area contributed by atoms with Gasteiger partial charge in [0.15, 0.2) is 5.82 Å². The van der Waals surface area contributed by atoms with Crippen LogP contribution >= 0.6 is 0 Å². The number of carboxylic acid groups (broad SMARTS) is 1. The van der Waals surface area contributed by atoms with Crippen molar-refractivity contribution in [3.8, 4) is 6.07 Å². The van der Waals surface area contributed by atoms with Crippen LogP contribution in [0.2, 0.25) is 0 Å². The van der Waals surface area contributed by atoms with E-state index >= 15 is 0 Å². The van der Waals surface area contributed by atoms with Crippen molar-refractivity contribution in [2.24, 2.45) is 0 Å². The number of anilines is 3. The molecule has 2 N–H and O–H groups in total. The van der Waals surface area contributed by atoms with E-state index in [2.05, 4.69) is 10.3 Å². The van der Waals surface area contributed by atoms with Crippen molar-refractivity contribution >= 4 is 23.3 Å². The number of pyridine rings is 1. The summed E-state index contributed by atoms with van der Waals surface area (Å²) in [5.74, 6) is -0.966. The average Bonchev–Trinajstić information content (AvgIpc) is 3.22. The third kappa shape index (κ3) is 5.48. The van der Waals surface area contributed by atoms with E-state index in [0.29, 0.717) is 24.3 Å². The second-order valence-electron chi connectivity index (χ2n) is 7.93. The number of alkyl halides is 3. The molecule has 1 aromatic heterocycles. The monoisotopic (exact) mass is 447 g/mol. The predicted molar refractivity (Wildman–Crippen MR) is 114 cm³/mol. The highest BCUT2D eigenvalue weighted by molar-refractivity contribution is 5.69. The van der Waals surface area contributed by atoms with Gasteiger partial charge in [-0.2, -0.15) is 18.4 Å². The lowest BCUT2D eigenvalue weighted by Gasteiger charge is -2.23. The van der Waals surface area contributed by atoms with Crippen molar-refractivity contribution < 1.29 is 23.1 Å². The molecule has 1 aromatic carbocycles. The molecule has 3 rings (SSSR count). The van der Waals surface area contributed by atoms with Crippen LogP contribution < -0.4 is 10.2 Å². The maximum Gasteiger partial charge on any atom is 0.417 e. The van der Waals surface area contributed by atoms with Crippen LogP contribution in [-0.4, -0.2) is 54.2 Å². The van der Waals surface area contributed by atoms with Gasteiger partial charge >= 0.3 is 12.1 Å². The van der Waals surface area contributed by atoms with Gasteiger partial charge in [0.25, 0.3) is 0 Å². The Hall–Kier alpha value is -3.32. The number of hydrogen-bond acceptors (Lipinski definition) is 6. The Balaban J connectivity index is 1.98. The Morgan fingerprint density at radius 3 is 2.72 bits per heavy atom. The van der Waals surface area contributed by atoms with E-state index in [1.807, 2.05) is 19.0 Å². The van der Waals surface area contributed by atoms with Crippen molar-refractivity contribution in [1.82, 2.24) is 9.88 Å². The molecule has 170 valence electrons. The number of aryl methyl sites for hydroxylation is 1. The van der Waals surface area contributed by atoms with Crippen molar-refractivity contribution in [3.05, 3.63) is 47.0 Å². The summed E-state index contributed by atoms with van der Waals surface area (Å²) in [6.07, 6.45) is -3.72. The fraction of sp³-hybridized carbons (Fsp3) is 0.409. The Kier molecular flexibility index (Phi) is 6.89. The Morgan fingerprint density at radius 1 is 1.38 bits per heavy atom. The van der Waals surface area contributed by atoms with Crippen LogP contribution in [0.1, 0.15) is 29.5 Å². The molecule has 0 amide bonds. The minimum absolute atomic E-state index is 0.0686. The second-order valence-corrected chi connectivity index (χ2v) is 7.93. The summed E-state index contributed by atoms with van der Waals surface area (Å²) in [6, 6.07) is 9.45. The average molecular weight is 447 g/mol. The molecule has 10 heteroatoms. The van der Waals surface area contributed by atoms with E-state index in [1.54, 1.807) is 35.2 Å². The Morgan fingerprint density at radius 2 is 2.12 bits per heavy atom. The number of benzene rings is 1. The van der Waals surface area contributed by atoms with Crippen LogP contribution in [0.5, 0.6) is 0 Å². The molecular formula is C22H24F3N5O2. The first-order valence-corrected chi connectivity index (χ1v) is 10.1. The van der Waals surface area contributed by atoms with Crippen LogP contribution in [0.25, 0.3) is 0 Å². The Bertz CT molecular complexity index is 1030. The summed E-state index contributed by atoms with van der Waals surface area (Å²) < 4.78 is 41.3. The summed E-state index contributed by atoms with van der Waals surface area (Å²) >= 11 is 0. The molecule has 0 radical (unpaired) electrons. The van der Waals surface area contributed by atoms with E-state index in [-0.39, 0.29) is 30.5 Å². The first-order valence-electron chi connectivity index (χ1n) is 10.1. The highest BCUT2D eigenvalue weighted by atomic mass is 19.4. The van der Waals surface area contributed by atoms with Crippen LogP contribution in [0.15, 0.2) is 30.3 Å². The smallest absolute Gasteiger partial charge is 0.417 e. The van der Waals surface area contributed by atoms with Gasteiger partial charge in [0.1, 0.15) is 17.5 Å². The molecule has 1 atom stereocenters. The van der Waals surface area contributed by atoms with Gasteiger partial charge < -0.3 is 20.2 Å². The molecule has 1 aliphatic rings. The molecule has 0 bridgehead atoms. The van der Waals surface area contributed by atoms with Gasteiger partial charge in [-0.3, -0.25) is 4.79 Å². The van der Waals surface area contributed by atoms with Crippen molar-refractivity contribution in [2.45, 2.75) is 31.5 Å². The topological polar surface area (TPSA) is 92.5 Å². The lowest BCUT2D eigenvalue weighted by molar-refractivity contribution is -0.138. The number of aliphatic carboxylic acids is 1. The van der Waals surface area contributed by atoms with E-state index < -0.39 is 23.3 Å². The lowest BCUT2D eigenvalue weighted by atomic mass is 10.1. The normalized spacial score (nSPS) is 16.3. The van der Waals surface area contributed by atoms with E-state index in [0.717, 1.165) is 12.5 Å². The van der Waals surface area contributed by atoms with Crippen LogP contribution in [-0.2, 0) is 17.4 Å². The zero-order valence-electron chi connectivity index (χ0n) is 17.8. The molecule has 2 heterocycles. The molecule has 0 spiro atoms. The molecule has 7 nitrogen and oxygen atoms in total. The third-order valence-electron chi connectivity index (χ3n) is 5.46. The fourth-order valence-corrected chi connectivity index (χ4v) is 3.68. The molecule has 0 saturated carbocycles. The maximum absolute atomic E-state index is 13.8. The predicted octanol–water partition coefficient (Wildman–Crippen LogP) is 3.87. The summed E-state index contributed by atoms with van der Waals surface area (Å²) in [5, 5.41) is 21.2. The summed E-state index contributed by atoms with van der Waals surface area (Å²) in [7, 11) is 3.84. The molecule has 1 saturated heterocycles. The third-order valence-corrected chi connectivity index (χ3v) is 5.46. The molecule has 32 heavy (non-hydrogen) atoms.